The maximum atomic E-state index is 13.6. The summed E-state index contributed by atoms with van der Waals surface area (Å²) in [4.78, 5) is 19.7. The van der Waals surface area contributed by atoms with Crippen LogP contribution in [0.2, 0.25) is 0 Å². The lowest BCUT2D eigenvalue weighted by Crippen LogP contribution is -2.58. The van der Waals surface area contributed by atoms with Crippen LogP contribution in [0.25, 0.3) is 11.1 Å². The highest BCUT2D eigenvalue weighted by Gasteiger charge is 2.62. The van der Waals surface area contributed by atoms with E-state index < -0.39 is 5.54 Å². The number of hydrogen-bond donors (Lipinski definition) is 1. The monoisotopic (exact) mass is 402 g/mol. The molecule has 0 unspecified atom stereocenters. The van der Waals surface area contributed by atoms with Crippen LogP contribution in [0.5, 0.6) is 5.75 Å². The minimum absolute atomic E-state index is 0.167. The predicted molar refractivity (Wildman–Crippen MR) is 111 cm³/mol. The maximum absolute atomic E-state index is 13.6. The summed E-state index contributed by atoms with van der Waals surface area (Å²) < 4.78 is 12.3. The fourth-order valence-electron chi connectivity index (χ4n) is 4.97. The second-order valence-electron chi connectivity index (χ2n) is 8.05. The highest BCUT2D eigenvalue weighted by Crippen LogP contribution is 2.53. The largest absolute Gasteiger partial charge is 0.489 e. The average Bonchev–Trinajstić information content (AvgIpc) is 2.98. The van der Waals surface area contributed by atoms with Crippen LogP contribution in [0.4, 0.5) is 0 Å². The number of fused-ring (bicyclic) bond motifs is 4. The molecule has 0 aromatic heterocycles. The molecule has 2 aromatic rings. The molecule has 1 amide bonds. The summed E-state index contributed by atoms with van der Waals surface area (Å²) in [5.41, 5.74) is 7.98. The Balaban J connectivity index is 1.73. The van der Waals surface area contributed by atoms with Gasteiger partial charge in [0.1, 0.15) is 11.9 Å². The molecule has 2 N–H and O–H groups in total. The van der Waals surface area contributed by atoms with Gasteiger partial charge in [0.05, 0.1) is 30.3 Å². The third-order valence-corrected chi connectivity index (χ3v) is 6.43. The summed E-state index contributed by atoms with van der Waals surface area (Å²) in [5, 5.41) is 9.25. The lowest BCUT2D eigenvalue weighted by atomic mass is 9.68. The molecule has 2 aromatic carbocycles. The summed E-state index contributed by atoms with van der Waals surface area (Å²) >= 11 is 0. The van der Waals surface area contributed by atoms with E-state index in [1.807, 2.05) is 43.3 Å². The van der Waals surface area contributed by atoms with Gasteiger partial charge < -0.3 is 15.2 Å². The minimum Gasteiger partial charge on any atom is -0.489 e. The Morgan fingerprint density at radius 3 is 2.80 bits per heavy atom. The number of guanidine groups is 1. The molecule has 3 aliphatic heterocycles. The number of aliphatic imine (C=N–C) groups is 1. The Morgan fingerprint density at radius 1 is 1.27 bits per heavy atom. The highest BCUT2D eigenvalue weighted by molar-refractivity contribution is 6.07. The van der Waals surface area contributed by atoms with Gasteiger partial charge in [0.15, 0.2) is 11.5 Å². The van der Waals surface area contributed by atoms with Crippen molar-refractivity contribution in [3.8, 4) is 22.9 Å². The van der Waals surface area contributed by atoms with Gasteiger partial charge >= 0.3 is 0 Å². The van der Waals surface area contributed by atoms with Crippen LogP contribution in [0.15, 0.2) is 47.5 Å². The average molecular weight is 402 g/mol. The first-order valence-electron chi connectivity index (χ1n) is 10.0. The number of nitriles is 1. The predicted octanol–water partition coefficient (Wildman–Crippen LogP) is 2.39. The molecule has 0 radical (unpaired) electrons. The number of nitrogens with two attached hydrogens (primary N) is 1. The molecule has 1 spiro atoms. The van der Waals surface area contributed by atoms with Crippen molar-refractivity contribution in [2.45, 2.75) is 31.1 Å². The molecule has 0 bridgehead atoms. The summed E-state index contributed by atoms with van der Waals surface area (Å²) in [6.07, 6.45) is 0.296. The smallest absolute Gasteiger partial charge is 0.262 e. The van der Waals surface area contributed by atoms with Gasteiger partial charge in [-0.05, 0) is 42.3 Å². The van der Waals surface area contributed by atoms with Gasteiger partial charge in [-0.15, -0.1) is 0 Å². The summed E-state index contributed by atoms with van der Waals surface area (Å²) in [7, 11) is 1.65. The zero-order valence-electron chi connectivity index (χ0n) is 16.8. The second-order valence-corrected chi connectivity index (χ2v) is 8.05. The van der Waals surface area contributed by atoms with Gasteiger partial charge in [-0.3, -0.25) is 9.69 Å². The third-order valence-electron chi connectivity index (χ3n) is 6.43. The van der Waals surface area contributed by atoms with E-state index in [9.17, 15) is 10.1 Å². The quantitative estimate of drug-likeness (QED) is 0.789. The normalized spacial score (nSPS) is 29.6. The van der Waals surface area contributed by atoms with Crippen molar-refractivity contribution in [2.24, 2.45) is 16.6 Å². The van der Waals surface area contributed by atoms with Gasteiger partial charge in [0.2, 0.25) is 0 Å². The number of carbonyl (C=O) groups excluding carboxylic acids is 1. The van der Waals surface area contributed by atoms with E-state index in [0.717, 1.165) is 11.1 Å². The molecular formula is C23H22N4O3. The molecule has 3 aliphatic rings. The number of hydrogen-bond acceptors (Lipinski definition) is 6. The van der Waals surface area contributed by atoms with Gasteiger partial charge in [-0.1, -0.05) is 18.2 Å². The van der Waals surface area contributed by atoms with E-state index in [4.69, 9.17) is 20.2 Å². The lowest BCUT2D eigenvalue weighted by molar-refractivity contribution is -0.149. The van der Waals surface area contributed by atoms with Crippen molar-refractivity contribution < 1.29 is 14.3 Å². The number of rotatable bonds is 1. The number of ether oxygens (including phenoxy) is 2. The summed E-state index contributed by atoms with van der Waals surface area (Å²) in [6.45, 7) is 2.54. The minimum atomic E-state index is -1.18. The summed E-state index contributed by atoms with van der Waals surface area (Å²) in [5.74, 6) is 0.391. The van der Waals surface area contributed by atoms with E-state index in [1.165, 1.54) is 4.90 Å². The molecule has 3 heterocycles. The molecule has 1 fully saturated rings. The van der Waals surface area contributed by atoms with Crippen molar-refractivity contribution in [1.82, 2.24) is 4.90 Å². The molecular weight excluding hydrogens is 380 g/mol. The Labute approximate surface area is 174 Å². The van der Waals surface area contributed by atoms with Gasteiger partial charge in [-0.25, -0.2) is 4.99 Å². The fraction of sp³-hybridized carbons (Fsp3) is 0.348. The van der Waals surface area contributed by atoms with E-state index in [0.29, 0.717) is 29.9 Å². The number of likely N-dealkylation sites (N-methyl/N-ethyl adjacent to an activating group) is 1. The molecule has 1 saturated heterocycles. The topological polar surface area (TPSA) is 101 Å². The standard InChI is InChI=1S/C23H22N4O3/c1-13-20-19(8-9-29-13)30-18-7-6-16(15-5-3-4-14(10-15)12-24)11-17(18)23(20)21(28)27(2)22(25)26-23/h3-7,10-11,13,19-20H,8-9H2,1-2H3,(H2,25,26)/t13-,19-,20-,23+/m1/s1. The molecule has 7 heteroatoms. The summed E-state index contributed by atoms with van der Waals surface area (Å²) in [6, 6.07) is 15.3. The van der Waals surface area contributed by atoms with Crippen LogP contribution in [0.1, 0.15) is 24.5 Å². The molecule has 0 saturated carbocycles. The molecule has 30 heavy (non-hydrogen) atoms. The molecule has 7 nitrogen and oxygen atoms in total. The van der Waals surface area contributed by atoms with Crippen molar-refractivity contribution >= 4 is 11.9 Å². The third kappa shape index (κ3) is 2.47. The first-order valence-corrected chi connectivity index (χ1v) is 10.0. The Bertz CT molecular complexity index is 1120. The molecule has 152 valence electrons. The van der Waals surface area contributed by atoms with Crippen LogP contribution in [-0.2, 0) is 15.1 Å². The Morgan fingerprint density at radius 2 is 2.07 bits per heavy atom. The van der Waals surface area contributed by atoms with Crippen LogP contribution in [-0.4, -0.2) is 42.6 Å². The van der Waals surface area contributed by atoms with Crippen molar-refractivity contribution in [3.63, 3.8) is 0 Å². The van der Waals surface area contributed by atoms with Gasteiger partial charge in [-0.2, -0.15) is 5.26 Å². The number of amides is 1. The van der Waals surface area contributed by atoms with Crippen LogP contribution >= 0.6 is 0 Å². The zero-order valence-corrected chi connectivity index (χ0v) is 16.8. The van der Waals surface area contributed by atoms with Crippen molar-refractivity contribution in [2.75, 3.05) is 13.7 Å². The number of carbonyl (C=O) groups is 1. The lowest BCUT2D eigenvalue weighted by Gasteiger charge is -2.48. The fourth-order valence-corrected chi connectivity index (χ4v) is 4.97. The van der Waals surface area contributed by atoms with Gasteiger partial charge in [0.25, 0.3) is 5.91 Å². The maximum Gasteiger partial charge on any atom is 0.262 e. The second kappa shape index (κ2) is 6.57. The molecule has 5 rings (SSSR count). The Hall–Kier alpha value is -3.37. The van der Waals surface area contributed by atoms with Crippen LogP contribution in [0, 0.1) is 17.2 Å². The SMILES string of the molecule is C[C@H]1OCC[C@H]2Oc3ccc(-c4cccc(C#N)c4)cc3[C@]3(N=C(N)N(C)C3=O)[C@H]12. The van der Waals surface area contributed by atoms with E-state index in [-0.39, 0.29) is 30.0 Å². The van der Waals surface area contributed by atoms with E-state index in [1.54, 1.807) is 13.1 Å². The zero-order chi connectivity index (χ0) is 21.0. The van der Waals surface area contributed by atoms with Crippen LogP contribution < -0.4 is 10.5 Å². The van der Waals surface area contributed by atoms with Crippen LogP contribution in [0.3, 0.4) is 0 Å². The Kier molecular flexibility index (Phi) is 4.09. The van der Waals surface area contributed by atoms with Gasteiger partial charge in [0, 0.05) is 19.0 Å². The number of nitrogens with zero attached hydrogens (tertiary/aromatic N) is 3. The number of benzene rings is 2. The van der Waals surface area contributed by atoms with Crippen molar-refractivity contribution in [1.29, 1.82) is 5.26 Å². The molecule has 4 atom stereocenters. The first kappa shape index (κ1) is 18.6. The van der Waals surface area contributed by atoms with Crippen molar-refractivity contribution in [3.05, 3.63) is 53.6 Å². The van der Waals surface area contributed by atoms with E-state index in [2.05, 4.69) is 6.07 Å². The highest BCUT2D eigenvalue weighted by atomic mass is 16.5. The first-order chi connectivity index (χ1) is 14.5. The van der Waals surface area contributed by atoms with E-state index >= 15 is 0 Å². The molecule has 0 aliphatic carbocycles.